The Morgan fingerprint density at radius 1 is 1.30 bits per heavy atom. The van der Waals surface area contributed by atoms with Crippen molar-refractivity contribution >= 4 is 39.0 Å². The summed E-state index contributed by atoms with van der Waals surface area (Å²) in [5.74, 6) is 0.413. The van der Waals surface area contributed by atoms with Crippen molar-refractivity contribution in [3.63, 3.8) is 0 Å². The van der Waals surface area contributed by atoms with Crippen LogP contribution in [0.25, 0.3) is 10.2 Å². The number of aromatic nitrogens is 2. The van der Waals surface area contributed by atoms with Crippen LogP contribution in [-0.4, -0.2) is 9.97 Å². The average Bonchev–Trinajstić information content (AvgIpc) is 2.86. The van der Waals surface area contributed by atoms with E-state index < -0.39 is 0 Å². The maximum absolute atomic E-state index is 13.3. The normalized spacial score (nSPS) is 12.6. The van der Waals surface area contributed by atoms with Gasteiger partial charge in [-0.15, -0.1) is 11.3 Å². The summed E-state index contributed by atoms with van der Waals surface area (Å²) in [7, 11) is 0. The molecule has 0 saturated carbocycles. The summed E-state index contributed by atoms with van der Waals surface area (Å²) in [6.07, 6.45) is 0. The number of nitrogens with one attached hydrogen (secondary N) is 1. The third-order valence-corrected chi connectivity index (χ3v) is 3.98. The molecule has 0 aliphatic rings. The number of hydrogen-bond donors (Lipinski definition) is 1. The van der Waals surface area contributed by atoms with E-state index in [4.69, 9.17) is 11.6 Å². The van der Waals surface area contributed by atoms with Crippen LogP contribution in [0, 0.1) is 5.82 Å². The summed E-state index contributed by atoms with van der Waals surface area (Å²) in [5, 5.41) is 6.32. The predicted octanol–water partition coefficient (Wildman–Crippen LogP) is 4.66. The highest BCUT2D eigenvalue weighted by atomic mass is 35.5. The summed E-state index contributed by atoms with van der Waals surface area (Å²) >= 11 is 7.43. The van der Waals surface area contributed by atoms with Crippen LogP contribution in [-0.2, 0) is 0 Å². The number of halogens is 2. The molecule has 1 atom stereocenters. The zero-order valence-corrected chi connectivity index (χ0v) is 12.2. The van der Waals surface area contributed by atoms with Gasteiger partial charge in [0.15, 0.2) is 0 Å². The van der Waals surface area contributed by atoms with Gasteiger partial charge in [0.05, 0.1) is 11.4 Å². The van der Waals surface area contributed by atoms with E-state index in [9.17, 15) is 4.39 Å². The monoisotopic (exact) mass is 307 g/mol. The number of anilines is 1. The highest BCUT2D eigenvalue weighted by molar-refractivity contribution is 7.16. The van der Waals surface area contributed by atoms with Gasteiger partial charge in [-0.3, -0.25) is 0 Å². The third-order valence-electron chi connectivity index (χ3n) is 3.00. The lowest BCUT2D eigenvalue weighted by Gasteiger charge is -2.15. The number of benzene rings is 1. The molecule has 3 rings (SSSR count). The molecule has 2 aromatic heterocycles. The molecule has 102 valence electrons. The fourth-order valence-electron chi connectivity index (χ4n) is 2.00. The van der Waals surface area contributed by atoms with E-state index in [1.807, 2.05) is 24.4 Å². The molecular weight excluding hydrogens is 297 g/mol. The quantitative estimate of drug-likeness (QED) is 0.715. The smallest absolute Gasteiger partial charge is 0.225 e. The Balaban J connectivity index is 1.94. The molecule has 3 nitrogen and oxygen atoms in total. The van der Waals surface area contributed by atoms with Crippen LogP contribution < -0.4 is 5.32 Å². The van der Waals surface area contributed by atoms with Gasteiger partial charge < -0.3 is 5.32 Å². The van der Waals surface area contributed by atoms with Crippen LogP contribution in [0.5, 0.6) is 0 Å². The Morgan fingerprint density at radius 3 is 2.95 bits per heavy atom. The van der Waals surface area contributed by atoms with E-state index in [1.54, 1.807) is 6.07 Å². The zero-order valence-electron chi connectivity index (χ0n) is 10.6. The van der Waals surface area contributed by atoms with Gasteiger partial charge in [0.2, 0.25) is 5.28 Å². The first-order valence-electron chi connectivity index (χ1n) is 6.06. The molecule has 3 aromatic rings. The van der Waals surface area contributed by atoms with Crippen LogP contribution >= 0.6 is 22.9 Å². The number of hydrogen-bond acceptors (Lipinski definition) is 4. The average molecular weight is 308 g/mol. The molecule has 0 aliphatic carbocycles. The lowest BCUT2D eigenvalue weighted by atomic mass is 10.1. The molecule has 0 aliphatic heterocycles. The maximum Gasteiger partial charge on any atom is 0.225 e. The first-order valence-corrected chi connectivity index (χ1v) is 7.32. The second-order valence-electron chi connectivity index (χ2n) is 4.40. The lowest BCUT2D eigenvalue weighted by Crippen LogP contribution is -2.08. The lowest BCUT2D eigenvalue weighted by molar-refractivity contribution is 0.623. The van der Waals surface area contributed by atoms with Gasteiger partial charge >= 0.3 is 0 Å². The Kier molecular flexibility index (Phi) is 3.54. The van der Waals surface area contributed by atoms with Gasteiger partial charge in [0, 0.05) is 0 Å². The number of fused-ring (bicyclic) bond motifs is 1. The largest absolute Gasteiger partial charge is 0.363 e. The molecule has 0 saturated heterocycles. The molecule has 0 radical (unpaired) electrons. The Hall–Kier alpha value is -1.72. The van der Waals surface area contributed by atoms with Crippen molar-refractivity contribution in [3.05, 3.63) is 52.4 Å². The van der Waals surface area contributed by atoms with Gasteiger partial charge in [-0.2, -0.15) is 0 Å². The second-order valence-corrected chi connectivity index (χ2v) is 5.63. The fourth-order valence-corrected chi connectivity index (χ4v) is 2.99. The zero-order chi connectivity index (χ0) is 14.1. The minimum absolute atomic E-state index is 0.0835. The Labute approximate surface area is 124 Å². The van der Waals surface area contributed by atoms with E-state index >= 15 is 0 Å². The van der Waals surface area contributed by atoms with E-state index in [0.29, 0.717) is 5.82 Å². The van der Waals surface area contributed by atoms with Gasteiger partial charge in [0.1, 0.15) is 16.5 Å². The SMILES string of the molecule is CC(Nc1nc(Cl)nc2sccc12)c1cccc(F)c1. The van der Waals surface area contributed by atoms with E-state index in [1.165, 1.54) is 23.5 Å². The van der Waals surface area contributed by atoms with Crippen molar-refractivity contribution in [1.82, 2.24) is 9.97 Å². The van der Waals surface area contributed by atoms with Crippen LogP contribution in [0.2, 0.25) is 5.28 Å². The summed E-state index contributed by atoms with van der Waals surface area (Å²) in [4.78, 5) is 9.21. The second kappa shape index (κ2) is 5.34. The molecule has 2 heterocycles. The summed E-state index contributed by atoms with van der Waals surface area (Å²) < 4.78 is 13.3. The van der Waals surface area contributed by atoms with Gasteiger partial charge in [-0.25, -0.2) is 14.4 Å². The van der Waals surface area contributed by atoms with Gasteiger partial charge in [0.25, 0.3) is 0 Å². The molecular formula is C14H11ClFN3S. The fraction of sp³-hybridized carbons (Fsp3) is 0.143. The Bertz CT molecular complexity index is 759. The van der Waals surface area contributed by atoms with Gasteiger partial charge in [-0.1, -0.05) is 12.1 Å². The highest BCUT2D eigenvalue weighted by Crippen LogP contribution is 2.29. The van der Waals surface area contributed by atoms with Crippen molar-refractivity contribution in [2.45, 2.75) is 13.0 Å². The van der Waals surface area contributed by atoms with Crippen molar-refractivity contribution in [1.29, 1.82) is 0 Å². The molecule has 0 fully saturated rings. The van der Waals surface area contributed by atoms with Crippen molar-refractivity contribution < 1.29 is 4.39 Å². The maximum atomic E-state index is 13.3. The number of nitrogens with zero attached hydrogens (tertiary/aromatic N) is 2. The molecule has 6 heteroatoms. The molecule has 20 heavy (non-hydrogen) atoms. The van der Waals surface area contributed by atoms with Crippen LogP contribution in [0.3, 0.4) is 0 Å². The van der Waals surface area contributed by atoms with Crippen molar-refractivity contribution in [2.24, 2.45) is 0 Å². The molecule has 0 spiro atoms. The van der Waals surface area contributed by atoms with E-state index in [-0.39, 0.29) is 17.1 Å². The van der Waals surface area contributed by atoms with Crippen LogP contribution in [0.1, 0.15) is 18.5 Å². The first-order chi connectivity index (χ1) is 9.63. The molecule has 0 amide bonds. The molecule has 0 bridgehead atoms. The molecule has 1 N–H and O–H groups in total. The standard InChI is InChI=1S/C14H11ClFN3S/c1-8(9-3-2-4-10(16)7-9)17-12-11-5-6-20-13(11)19-14(15)18-12/h2-8H,1H3,(H,17,18,19). The number of rotatable bonds is 3. The molecule has 1 unspecified atom stereocenters. The van der Waals surface area contributed by atoms with Gasteiger partial charge in [-0.05, 0) is 47.7 Å². The Morgan fingerprint density at radius 2 is 2.15 bits per heavy atom. The predicted molar refractivity (Wildman–Crippen MR) is 80.9 cm³/mol. The van der Waals surface area contributed by atoms with Crippen molar-refractivity contribution in [2.75, 3.05) is 5.32 Å². The van der Waals surface area contributed by atoms with Crippen LogP contribution in [0.4, 0.5) is 10.2 Å². The minimum Gasteiger partial charge on any atom is -0.363 e. The van der Waals surface area contributed by atoms with Crippen LogP contribution in [0.15, 0.2) is 35.7 Å². The topological polar surface area (TPSA) is 37.8 Å². The van der Waals surface area contributed by atoms with E-state index in [0.717, 1.165) is 15.8 Å². The molecule has 1 aromatic carbocycles. The summed E-state index contributed by atoms with van der Waals surface area (Å²) in [5.41, 5.74) is 0.850. The first kappa shape index (κ1) is 13.3. The minimum atomic E-state index is -0.252. The third kappa shape index (κ3) is 2.59. The number of thiophene rings is 1. The highest BCUT2D eigenvalue weighted by Gasteiger charge is 2.12. The summed E-state index contributed by atoms with van der Waals surface area (Å²) in [6.45, 7) is 1.95. The van der Waals surface area contributed by atoms with E-state index in [2.05, 4.69) is 15.3 Å². The van der Waals surface area contributed by atoms with Crippen molar-refractivity contribution in [3.8, 4) is 0 Å². The summed E-state index contributed by atoms with van der Waals surface area (Å²) in [6, 6.07) is 8.35.